The van der Waals surface area contributed by atoms with Crippen molar-refractivity contribution in [2.45, 2.75) is 51.7 Å². The standard InChI is InChI=1S/C29H31ClFN5O2/c1-29(2,3)38-28(37)36-13-10-19(11-14-36)24-16-22-21(9-12-32-27(22)34-24)26-23(30)7-8-25(35-26)33-17-18-5-4-6-20(31)15-18/h4-9,12,15-16,19H,10-11,13-14,17H2,1-3H3,(H,32,34)(H,33,35). The summed E-state index contributed by atoms with van der Waals surface area (Å²) in [7, 11) is 0. The number of pyridine rings is 2. The van der Waals surface area contributed by atoms with Crippen LogP contribution in [0.5, 0.6) is 0 Å². The zero-order valence-electron chi connectivity index (χ0n) is 21.7. The summed E-state index contributed by atoms with van der Waals surface area (Å²) in [4.78, 5) is 27.0. The fraction of sp³-hybridized carbons (Fsp3) is 0.345. The van der Waals surface area contributed by atoms with Gasteiger partial charge in [0.15, 0.2) is 0 Å². The number of aromatic nitrogens is 3. The van der Waals surface area contributed by atoms with Crippen LogP contribution in [0.4, 0.5) is 15.0 Å². The third-order valence-electron chi connectivity index (χ3n) is 6.60. The summed E-state index contributed by atoms with van der Waals surface area (Å²) in [5.41, 5.74) is 3.69. The lowest BCUT2D eigenvalue weighted by Gasteiger charge is -2.33. The van der Waals surface area contributed by atoms with Crippen LogP contribution in [0.3, 0.4) is 0 Å². The summed E-state index contributed by atoms with van der Waals surface area (Å²) >= 11 is 6.60. The Hall–Kier alpha value is -3.65. The molecule has 3 aromatic heterocycles. The van der Waals surface area contributed by atoms with Gasteiger partial charge in [0.05, 0.1) is 10.7 Å². The Balaban J connectivity index is 1.34. The number of hydrogen-bond donors (Lipinski definition) is 2. The SMILES string of the molecule is CC(C)(C)OC(=O)N1CCC(c2cc3c(-c4nc(NCc5cccc(F)c5)ccc4Cl)ccnc3[nH]2)CC1. The van der Waals surface area contributed by atoms with Crippen LogP contribution in [0.2, 0.25) is 5.02 Å². The van der Waals surface area contributed by atoms with E-state index in [0.29, 0.717) is 36.2 Å². The number of nitrogens with one attached hydrogen (secondary N) is 2. The van der Waals surface area contributed by atoms with Crippen molar-refractivity contribution < 1.29 is 13.9 Å². The number of hydrogen-bond acceptors (Lipinski definition) is 5. The van der Waals surface area contributed by atoms with Crippen molar-refractivity contribution >= 4 is 34.5 Å². The van der Waals surface area contributed by atoms with Crippen molar-refractivity contribution in [1.82, 2.24) is 19.9 Å². The highest BCUT2D eigenvalue weighted by Crippen LogP contribution is 2.36. The van der Waals surface area contributed by atoms with E-state index in [-0.39, 0.29) is 17.8 Å². The van der Waals surface area contributed by atoms with Gasteiger partial charge in [0, 0.05) is 48.4 Å². The van der Waals surface area contributed by atoms with E-state index in [1.54, 1.807) is 17.2 Å². The number of halogens is 2. The van der Waals surface area contributed by atoms with Crippen molar-refractivity contribution in [3.05, 3.63) is 76.8 Å². The number of rotatable bonds is 5. The number of carbonyl (C=O) groups is 1. The molecule has 1 aliphatic heterocycles. The molecule has 198 valence electrons. The Labute approximate surface area is 226 Å². The maximum Gasteiger partial charge on any atom is 0.410 e. The number of likely N-dealkylation sites (tertiary alicyclic amines) is 1. The molecule has 4 aromatic rings. The first-order chi connectivity index (χ1) is 18.2. The molecule has 0 spiro atoms. The third kappa shape index (κ3) is 5.91. The number of aromatic amines is 1. The molecule has 0 bridgehead atoms. The van der Waals surface area contributed by atoms with Crippen LogP contribution in [0.25, 0.3) is 22.3 Å². The molecule has 0 atom stereocenters. The van der Waals surface area contributed by atoms with Crippen LogP contribution in [0, 0.1) is 5.82 Å². The summed E-state index contributed by atoms with van der Waals surface area (Å²) < 4.78 is 19.1. The van der Waals surface area contributed by atoms with Gasteiger partial charge in [0.25, 0.3) is 0 Å². The predicted octanol–water partition coefficient (Wildman–Crippen LogP) is 7.14. The number of fused-ring (bicyclic) bond motifs is 1. The maximum atomic E-state index is 13.5. The summed E-state index contributed by atoms with van der Waals surface area (Å²) in [5.74, 6) is 0.648. The van der Waals surface area contributed by atoms with Gasteiger partial charge in [-0.25, -0.2) is 19.2 Å². The number of ether oxygens (including phenoxy) is 1. The molecule has 4 heterocycles. The van der Waals surface area contributed by atoms with Crippen LogP contribution in [-0.2, 0) is 11.3 Å². The Morgan fingerprint density at radius 3 is 2.71 bits per heavy atom. The van der Waals surface area contributed by atoms with E-state index >= 15 is 0 Å². The molecule has 1 saturated heterocycles. The molecule has 7 nitrogen and oxygen atoms in total. The first kappa shape index (κ1) is 26.0. The lowest BCUT2D eigenvalue weighted by molar-refractivity contribution is 0.0204. The minimum atomic E-state index is -0.505. The molecule has 1 amide bonds. The molecular formula is C29H31ClFN5O2. The molecule has 0 unspecified atom stereocenters. The number of amides is 1. The topological polar surface area (TPSA) is 83.1 Å². The maximum absolute atomic E-state index is 13.5. The van der Waals surface area contributed by atoms with Crippen LogP contribution < -0.4 is 5.32 Å². The van der Waals surface area contributed by atoms with E-state index < -0.39 is 5.60 Å². The van der Waals surface area contributed by atoms with Gasteiger partial charge in [-0.2, -0.15) is 0 Å². The van der Waals surface area contributed by atoms with E-state index in [2.05, 4.69) is 21.4 Å². The van der Waals surface area contributed by atoms with E-state index in [1.165, 1.54) is 12.1 Å². The van der Waals surface area contributed by atoms with Crippen LogP contribution in [0.1, 0.15) is 50.8 Å². The molecule has 0 aliphatic carbocycles. The average molecular weight is 536 g/mol. The number of carbonyl (C=O) groups excluding carboxylic acids is 1. The normalized spacial score (nSPS) is 14.6. The zero-order valence-corrected chi connectivity index (χ0v) is 22.5. The van der Waals surface area contributed by atoms with E-state index in [0.717, 1.165) is 40.7 Å². The second-order valence-corrected chi connectivity index (χ2v) is 11.0. The molecule has 38 heavy (non-hydrogen) atoms. The molecule has 9 heteroatoms. The second kappa shape index (κ2) is 10.6. The van der Waals surface area contributed by atoms with Crippen LogP contribution >= 0.6 is 11.6 Å². The van der Waals surface area contributed by atoms with Gasteiger partial charge in [-0.3, -0.25) is 0 Å². The molecule has 0 saturated carbocycles. The molecular weight excluding hydrogens is 505 g/mol. The second-order valence-electron chi connectivity index (χ2n) is 10.6. The highest BCUT2D eigenvalue weighted by molar-refractivity contribution is 6.33. The van der Waals surface area contributed by atoms with Crippen molar-refractivity contribution in [2.75, 3.05) is 18.4 Å². The molecule has 0 radical (unpaired) electrons. The van der Waals surface area contributed by atoms with Crippen molar-refractivity contribution in [3.63, 3.8) is 0 Å². The van der Waals surface area contributed by atoms with E-state index in [9.17, 15) is 9.18 Å². The number of nitrogens with zero attached hydrogens (tertiary/aromatic N) is 3. The quantitative estimate of drug-likeness (QED) is 0.283. The Bertz CT molecular complexity index is 1460. The predicted molar refractivity (Wildman–Crippen MR) is 148 cm³/mol. The molecule has 1 aliphatic rings. The molecule has 2 N–H and O–H groups in total. The number of anilines is 1. The van der Waals surface area contributed by atoms with Gasteiger partial charge in [0.2, 0.25) is 0 Å². The number of benzene rings is 1. The minimum Gasteiger partial charge on any atom is -0.444 e. The van der Waals surface area contributed by atoms with Gasteiger partial charge in [-0.1, -0.05) is 23.7 Å². The molecule has 1 fully saturated rings. The first-order valence-corrected chi connectivity index (χ1v) is 13.1. The summed E-state index contributed by atoms with van der Waals surface area (Å²) in [6, 6.07) is 14.1. The first-order valence-electron chi connectivity index (χ1n) is 12.8. The van der Waals surface area contributed by atoms with E-state index in [1.807, 2.05) is 45.0 Å². The Morgan fingerprint density at radius 2 is 1.97 bits per heavy atom. The van der Waals surface area contributed by atoms with Crippen LogP contribution in [-0.4, -0.2) is 44.6 Å². The lowest BCUT2D eigenvalue weighted by Crippen LogP contribution is -2.41. The van der Waals surface area contributed by atoms with Crippen molar-refractivity contribution in [3.8, 4) is 11.3 Å². The van der Waals surface area contributed by atoms with Crippen LogP contribution in [0.15, 0.2) is 54.7 Å². The number of H-pyrrole nitrogens is 1. The number of piperidine rings is 1. The summed E-state index contributed by atoms with van der Waals surface area (Å²) in [6.45, 7) is 7.36. The fourth-order valence-corrected chi connectivity index (χ4v) is 4.95. The Kier molecular flexibility index (Phi) is 7.25. The highest BCUT2D eigenvalue weighted by atomic mass is 35.5. The van der Waals surface area contributed by atoms with Gasteiger partial charge >= 0.3 is 6.09 Å². The lowest BCUT2D eigenvalue weighted by atomic mass is 9.93. The van der Waals surface area contributed by atoms with Gasteiger partial charge in [-0.05, 0) is 75.6 Å². The van der Waals surface area contributed by atoms with E-state index in [4.69, 9.17) is 21.3 Å². The largest absolute Gasteiger partial charge is 0.444 e. The summed E-state index contributed by atoms with van der Waals surface area (Å²) in [6.07, 6.45) is 3.15. The molecule has 1 aromatic carbocycles. The molecule has 5 rings (SSSR count). The van der Waals surface area contributed by atoms with Crippen molar-refractivity contribution in [1.29, 1.82) is 0 Å². The fourth-order valence-electron chi connectivity index (χ4n) is 4.74. The van der Waals surface area contributed by atoms with Gasteiger partial charge in [-0.15, -0.1) is 0 Å². The van der Waals surface area contributed by atoms with Gasteiger partial charge < -0.3 is 19.9 Å². The minimum absolute atomic E-state index is 0.261. The van der Waals surface area contributed by atoms with Gasteiger partial charge in [0.1, 0.15) is 22.9 Å². The highest BCUT2D eigenvalue weighted by Gasteiger charge is 2.28. The zero-order chi connectivity index (χ0) is 26.9. The average Bonchev–Trinajstić information content (AvgIpc) is 3.32. The smallest absolute Gasteiger partial charge is 0.410 e. The van der Waals surface area contributed by atoms with Crippen molar-refractivity contribution in [2.24, 2.45) is 0 Å². The monoisotopic (exact) mass is 535 g/mol. The third-order valence-corrected chi connectivity index (χ3v) is 6.91. The Morgan fingerprint density at radius 1 is 1.18 bits per heavy atom. The summed E-state index contributed by atoms with van der Waals surface area (Å²) in [5, 5.41) is 4.72.